The first-order valence-electron chi connectivity index (χ1n) is 6.83. The van der Waals surface area contributed by atoms with Crippen LogP contribution < -0.4 is 9.47 Å². The van der Waals surface area contributed by atoms with E-state index in [1.807, 2.05) is 12.1 Å². The number of benzene rings is 1. The smallest absolute Gasteiger partial charge is 0.338 e. The molecule has 0 N–H and O–H groups in total. The monoisotopic (exact) mass is 333 g/mol. The van der Waals surface area contributed by atoms with Crippen LogP contribution in [0.4, 0.5) is 0 Å². The van der Waals surface area contributed by atoms with Crippen molar-refractivity contribution in [2.75, 3.05) is 13.7 Å². The van der Waals surface area contributed by atoms with Crippen molar-refractivity contribution in [3.63, 3.8) is 0 Å². The molecule has 23 heavy (non-hydrogen) atoms. The van der Waals surface area contributed by atoms with Crippen molar-refractivity contribution in [1.29, 1.82) is 0 Å². The van der Waals surface area contributed by atoms with E-state index < -0.39 is 5.97 Å². The van der Waals surface area contributed by atoms with E-state index in [1.54, 1.807) is 12.4 Å². The van der Waals surface area contributed by atoms with Crippen molar-refractivity contribution in [3.8, 4) is 11.5 Å². The van der Waals surface area contributed by atoms with Gasteiger partial charge in [0, 0.05) is 18.0 Å². The predicted octanol–water partition coefficient (Wildman–Crippen LogP) is 3.67. The molecule has 0 saturated carbocycles. The van der Waals surface area contributed by atoms with E-state index in [0.717, 1.165) is 5.56 Å². The molecule has 0 spiro atoms. The molecule has 120 valence electrons. The minimum absolute atomic E-state index is 0.123. The van der Waals surface area contributed by atoms with Gasteiger partial charge in [-0.1, -0.05) is 30.3 Å². The van der Waals surface area contributed by atoms with Crippen molar-refractivity contribution in [2.45, 2.75) is 6.61 Å². The second kappa shape index (κ2) is 8.19. The van der Waals surface area contributed by atoms with Crippen LogP contribution in [0.2, 0.25) is 5.02 Å². The van der Waals surface area contributed by atoms with Crippen molar-refractivity contribution in [3.05, 3.63) is 65.5 Å². The lowest BCUT2D eigenvalue weighted by atomic mass is 10.2. The lowest BCUT2D eigenvalue weighted by molar-refractivity contribution is 0.0549. The van der Waals surface area contributed by atoms with Crippen LogP contribution in [0, 0.1) is 0 Å². The quantitative estimate of drug-likeness (QED) is 0.571. The number of methoxy groups -OCH3 is 1. The Morgan fingerprint density at radius 1 is 1.43 bits per heavy atom. The third-order valence-electron chi connectivity index (χ3n) is 2.90. The Balaban J connectivity index is 2.19. The SMILES string of the molecule is C=CCOC(=O)c1cc(Cl)c(OCc2cccnc2)c(OC)c1. The highest BCUT2D eigenvalue weighted by atomic mass is 35.5. The fourth-order valence-corrected chi connectivity index (χ4v) is 2.10. The lowest BCUT2D eigenvalue weighted by Gasteiger charge is -2.14. The summed E-state index contributed by atoms with van der Waals surface area (Å²) in [7, 11) is 1.47. The van der Waals surface area contributed by atoms with Gasteiger partial charge < -0.3 is 14.2 Å². The maximum atomic E-state index is 11.9. The van der Waals surface area contributed by atoms with E-state index >= 15 is 0 Å². The van der Waals surface area contributed by atoms with Crippen molar-refractivity contribution < 1.29 is 19.0 Å². The summed E-state index contributed by atoms with van der Waals surface area (Å²) in [6.07, 6.45) is 4.87. The summed E-state index contributed by atoms with van der Waals surface area (Å²) in [6, 6.07) is 6.70. The van der Waals surface area contributed by atoms with Crippen molar-refractivity contribution in [1.82, 2.24) is 4.98 Å². The summed E-state index contributed by atoms with van der Waals surface area (Å²) >= 11 is 6.21. The van der Waals surface area contributed by atoms with Crippen LogP contribution in [0.25, 0.3) is 0 Å². The average molecular weight is 334 g/mol. The van der Waals surface area contributed by atoms with E-state index in [4.69, 9.17) is 25.8 Å². The van der Waals surface area contributed by atoms with Gasteiger partial charge in [-0.2, -0.15) is 0 Å². The Hall–Kier alpha value is -2.53. The number of pyridine rings is 1. The third kappa shape index (κ3) is 4.47. The first kappa shape index (κ1) is 16.8. The van der Waals surface area contributed by atoms with Gasteiger partial charge in [-0.25, -0.2) is 4.79 Å². The van der Waals surface area contributed by atoms with Crippen LogP contribution in [0.1, 0.15) is 15.9 Å². The molecule has 0 radical (unpaired) electrons. The molecule has 0 bridgehead atoms. The molecule has 1 aromatic carbocycles. The predicted molar refractivity (Wildman–Crippen MR) is 87.1 cm³/mol. The van der Waals surface area contributed by atoms with Crippen molar-refractivity contribution in [2.24, 2.45) is 0 Å². The zero-order chi connectivity index (χ0) is 16.7. The molecule has 0 atom stereocenters. The number of rotatable bonds is 7. The highest BCUT2D eigenvalue weighted by molar-refractivity contribution is 6.32. The fourth-order valence-electron chi connectivity index (χ4n) is 1.83. The number of aromatic nitrogens is 1. The number of halogens is 1. The highest BCUT2D eigenvalue weighted by Gasteiger charge is 2.16. The highest BCUT2D eigenvalue weighted by Crippen LogP contribution is 2.37. The van der Waals surface area contributed by atoms with Crippen LogP contribution in [0.3, 0.4) is 0 Å². The van der Waals surface area contributed by atoms with Gasteiger partial charge in [0.2, 0.25) is 0 Å². The Morgan fingerprint density at radius 3 is 2.91 bits per heavy atom. The topological polar surface area (TPSA) is 57.7 Å². The number of esters is 1. The van der Waals surface area contributed by atoms with Gasteiger partial charge in [-0.05, 0) is 18.2 Å². The summed E-state index contributed by atoms with van der Waals surface area (Å²) in [5.74, 6) is 0.203. The molecule has 0 unspecified atom stereocenters. The minimum atomic E-state index is -0.510. The van der Waals surface area contributed by atoms with E-state index in [0.29, 0.717) is 11.5 Å². The maximum Gasteiger partial charge on any atom is 0.338 e. The van der Waals surface area contributed by atoms with Crippen LogP contribution >= 0.6 is 11.6 Å². The van der Waals surface area contributed by atoms with E-state index in [2.05, 4.69) is 11.6 Å². The molecule has 0 amide bonds. The first-order chi connectivity index (χ1) is 11.2. The zero-order valence-electron chi connectivity index (χ0n) is 12.6. The summed E-state index contributed by atoms with van der Waals surface area (Å²) in [5.41, 5.74) is 1.17. The summed E-state index contributed by atoms with van der Waals surface area (Å²) < 4.78 is 15.9. The molecule has 0 aliphatic rings. The molecular formula is C17H16ClNO4. The minimum Gasteiger partial charge on any atom is -0.493 e. The summed E-state index contributed by atoms with van der Waals surface area (Å²) in [5, 5.41) is 0.263. The molecule has 6 heteroatoms. The second-order valence-electron chi connectivity index (χ2n) is 4.53. The Morgan fingerprint density at radius 2 is 2.26 bits per heavy atom. The molecule has 1 heterocycles. The van der Waals surface area contributed by atoms with Crippen LogP contribution in [-0.2, 0) is 11.3 Å². The van der Waals surface area contributed by atoms with E-state index in [1.165, 1.54) is 25.3 Å². The van der Waals surface area contributed by atoms with E-state index in [-0.39, 0.29) is 23.8 Å². The molecule has 1 aromatic heterocycles. The summed E-state index contributed by atoms with van der Waals surface area (Å²) in [6.45, 7) is 3.90. The Labute approximate surface area is 139 Å². The largest absolute Gasteiger partial charge is 0.493 e. The molecule has 0 aliphatic carbocycles. The van der Waals surface area contributed by atoms with Gasteiger partial charge in [0.05, 0.1) is 17.7 Å². The molecule has 0 aliphatic heterocycles. The second-order valence-corrected chi connectivity index (χ2v) is 4.93. The number of carbonyl (C=O) groups is 1. The van der Waals surface area contributed by atoms with Crippen LogP contribution in [-0.4, -0.2) is 24.7 Å². The number of hydrogen-bond donors (Lipinski definition) is 0. The van der Waals surface area contributed by atoms with Gasteiger partial charge in [-0.15, -0.1) is 0 Å². The van der Waals surface area contributed by atoms with Gasteiger partial charge >= 0.3 is 5.97 Å². The Kier molecular flexibility index (Phi) is 6.00. The number of nitrogens with zero attached hydrogens (tertiary/aromatic N) is 1. The van der Waals surface area contributed by atoms with Crippen LogP contribution in [0.5, 0.6) is 11.5 Å². The molecule has 2 rings (SSSR count). The number of ether oxygens (including phenoxy) is 3. The van der Waals surface area contributed by atoms with Gasteiger partial charge in [0.15, 0.2) is 11.5 Å². The molecular weight excluding hydrogens is 318 g/mol. The van der Waals surface area contributed by atoms with Crippen LogP contribution in [0.15, 0.2) is 49.3 Å². The molecule has 5 nitrogen and oxygen atoms in total. The summed E-state index contributed by atoms with van der Waals surface area (Å²) in [4.78, 5) is 15.9. The van der Waals surface area contributed by atoms with Gasteiger partial charge in [-0.3, -0.25) is 4.98 Å². The van der Waals surface area contributed by atoms with Gasteiger partial charge in [0.25, 0.3) is 0 Å². The third-order valence-corrected chi connectivity index (χ3v) is 3.18. The lowest BCUT2D eigenvalue weighted by Crippen LogP contribution is -2.06. The zero-order valence-corrected chi connectivity index (χ0v) is 13.4. The van der Waals surface area contributed by atoms with Crippen molar-refractivity contribution >= 4 is 17.6 Å². The number of carbonyl (C=O) groups excluding carboxylic acids is 1. The van der Waals surface area contributed by atoms with E-state index in [9.17, 15) is 4.79 Å². The first-order valence-corrected chi connectivity index (χ1v) is 7.20. The normalized spacial score (nSPS) is 10.0. The molecule has 0 saturated heterocycles. The molecule has 0 fully saturated rings. The number of hydrogen-bond acceptors (Lipinski definition) is 5. The fraction of sp³-hybridized carbons (Fsp3) is 0.176. The standard InChI is InChI=1S/C17H16ClNO4/c1-3-7-22-17(20)13-8-14(18)16(15(9-13)21-2)23-11-12-5-4-6-19-10-12/h3-6,8-10H,1,7,11H2,2H3. The molecule has 2 aromatic rings. The van der Waals surface area contributed by atoms with Gasteiger partial charge in [0.1, 0.15) is 13.2 Å². The average Bonchev–Trinajstić information content (AvgIpc) is 2.58. The maximum absolute atomic E-state index is 11.9. The Bertz CT molecular complexity index is 688.